The van der Waals surface area contributed by atoms with Crippen molar-refractivity contribution in [3.63, 3.8) is 0 Å². The lowest BCUT2D eigenvalue weighted by molar-refractivity contribution is -0.146. The second-order valence-corrected chi connectivity index (χ2v) is 6.13. The molecule has 2 unspecified atom stereocenters. The van der Waals surface area contributed by atoms with Crippen LogP contribution in [0.5, 0.6) is 0 Å². The number of piperazine rings is 1. The molecule has 1 heterocycles. The first kappa shape index (κ1) is 14.3. The molecule has 2 atom stereocenters. The van der Waals surface area contributed by atoms with Crippen molar-refractivity contribution < 1.29 is 9.59 Å². The third-order valence-electron chi connectivity index (χ3n) is 4.11. The van der Waals surface area contributed by atoms with Crippen LogP contribution in [0.3, 0.4) is 0 Å². The second kappa shape index (κ2) is 6.37. The molecule has 1 saturated heterocycles. The maximum absolute atomic E-state index is 12.0. The van der Waals surface area contributed by atoms with E-state index in [1.807, 2.05) is 0 Å². The van der Waals surface area contributed by atoms with Crippen LogP contribution in [-0.4, -0.2) is 48.9 Å². The molecule has 5 nitrogen and oxygen atoms in total. The Labute approximate surface area is 115 Å². The summed E-state index contributed by atoms with van der Waals surface area (Å²) in [7, 11) is 0. The summed E-state index contributed by atoms with van der Waals surface area (Å²) in [5.74, 6) is 0.465. The van der Waals surface area contributed by atoms with Crippen LogP contribution in [0.4, 0.5) is 0 Å². The van der Waals surface area contributed by atoms with Crippen LogP contribution >= 0.6 is 0 Å². The average Bonchev–Trinajstić information content (AvgIpc) is 2.37. The molecular formula is C14H25N3O2. The average molecular weight is 267 g/mol. The number of amides is 2. The van der Waals surface area contributed by atoms with E-state index in [4.69, 9.17) is 0 Å². The van der Waals surface area contributed by atoms with Gasteiger partial charge in [-0.25, -0.2) is 0 Å². The molecule has 0 aromatic rings. The minimum Gasteiger partial charge on any atom is -0.345 e. The van der Waals surface area contributed by atoms with Gasteiger partial charge >= 0.3 is 11.8 Å². The van der Waals surface area contributed by atoms with E-state index in [1.165, 1.54) is 6.42 Å². The summed E-state index contributed by atoms with van der Waals surface area (Å²) in [6.45, 7) is 7.24. The van der Waals surface area contributed by atoms with Gasteiger partial charge in [0.1, 0.15) is 0 Å². The van der Waals surface area contributed by atoms with E-state index in [0.717, 1.165) is 25.9 Å². The van der Waals surface area contributed by atoms with Gasteiger partial charge in [-0.1, -0.05) is 13.8 Å². The summed E-state index contributed by atoms with van der Waals surface area (Å²) in [6.07, 6.45) is 3.20. The molecule has 1 saturated carbocycles. The number of rotatable bonds is 1. The molecule has 2 aliphatic rings. The van der Waals surface area contributed by atoms with E-state index in [-0.39, 0.29) is 11.9 Å². The van der Waals surface area contributed by atoms with Gasteiger partial charge in [-0.05, 0) is 31.1 Å². The van der Waals surface area contributed by atoms with Crippen molar-refractivity contribution in [2.75, 3.05) is 26.2 Å². The van der Waals surface area contributed by atoms with Crippen LogP contribution in [0.25, 0.3) is 0 Å². The highest BCUT2D eigenvalue weighted by molar-refractivity contribution is 6.35. The van der Waals surface area contributed by atoms with Gasteiger partial charge in [-0.15, -0.1) is 0 Å². The van der Waals surface area contributed by atoms with Gasteiger partial charge in [-0.2, -0.15) is 0 Å². The minimum absolute atomic E-state index is 0.165. The monoisotopic (exact) mass is 267 g/mol. The van der Waals surface area contributed by atoms with Gasteiger partial charge in [0.25, 0.3) is 0 Å². The van der Waals surface area contributed by atoms with Crippen molar-refractivity contribution in [3.8, 4) is 0 Å². The van der Waals surface area contributed by atoms with Gasteiger partial charge < -0.3 is 15.5 Å². The zero-order chi connectivity index (χ0) is 13.8. The highest BCUT2D eigenvalue weighted by atomic mass is 16.2. The maximum Gasteiger partial charge on any atom is 0.311 e. The van der Waals surface area contributed by atoms with Crippen molar-refractivity contribution >= 4 is 11.8 Å². The fourth-order valence-corrected chi connectivity index (χ4v) is 3.32. The fraction of sp³-hybridized carbons (Fsp3) is 0.857. The van der Waals surface area contributed by atoms with E-state index in [2.05, 4.69) is 24.5 Å². The lowest BCUT2D eigenvalue weighted by Crippen LogP contribution is -2.53. The number of nitrogens with zero attached hydrogens (tertiary/aromatic N) is 1. The first-order valence-electron chi connectivity index (χ1n) is 7.36. The van der Waals surface area contributed by atoms with E-state index in [0.29, 0.717) is 24.9 Å². The van der Waals surface area contributed by atoms with Gasteiger partial charge in [0, 0.05) is 32.2 Å². The molecule has 2 fully saturated rings. The Balaban J connectivity index is 1.84. The second-order valence-electron chi connectivity index (χ2n) is 6.13. The molecule has 0 aromatic carbocycles. The van der Waals surface area contributed by atoms with Crippen molar-refractivity contribution in [2.45, 2.75) is 39.2 Å². The predicted molar refractivity (Wildman–Crippen MR) is 73.6 cm³/mol. The quantitative estimate of drug-likeness (QED) is 0.674. The molecule has 2 rings (SSSR count). The number of carbonyl (C=O) groups is 2. The Hall–Kier alpha value is -1.10. The molecule has 0 spiro atoms. The van der Waals surface area contributed by atoms with Crippen LogP contribution in [0.15, 0.2) is 0 Å². The molecular weight excluding hydrogens is 242 g/mol. The van der Waals surface area contributed by atoms with Gasteiger partial charge in [-0.3, -0.25) is 9.59 Å². The molecule has 0 bridgehead atoms. The van der Waals surface area contributed by atoms with Gasteiger partial charge in [0.2, 0.25) is 0 Å². The van der Waals surface area contributed by atoms with Gasteiger partial charge in [0.05, 0.1) is 0 Å². The fourth-order valence-electron chi connectivity index (χ4n) is 3.32. The molecule has 1 aliphatic heterocycles. The predicted octanol–water partition coefficient (Wildman–Crippen LogP) is 0.359. The summed E-state index contributed by atoms with van der Waals surface area (Å²) in [5, 5.41) is 6.10. The van der Waals surface area contributed by atoms with Crippen LogP contribution < -0.4 is 10.6 Å². The summed E-state index contributed by atoms with van der Waals surface area (Å²) in [6, 6.07) is 0.165. The molecule has 2 amide bonds. The standard InChI is InChI=1S/C14H25N3O2/c1-10-7-11(2)9-12(8-10)16-13(18)14(19)17-5-3-15-4-6-17/h10-12,15H,3-9H2,1-2H3,(H,16,18). The largest absolute Gasteiger partial charge is 0.345 e. The first-order chi connectivity index (χ1) is 9.06. The topological polar surface area (TPSA) is 61.4 Å². The molecule has 2 N–H and O–H groups in total. The third-order valence-corrected chi connectivity index (χ3v) is 4.11. The lowest BCUT2D eigenvalue weighted by atomic mass is 9.80. The summed E-state index contributed by atoms with van der Waals surface area (Å²) in [4.78, 5) is 25.7. The van der Waals surface area contributed by atoms with Crippen molar-refractivity contribution in [2.24, 2.45) is 11.8 Å². The van der Waals surface area contributed by atoms with Crippen molar-refractivity contribution in [1.82, 2.24) is 15.5 Å². The van der Waals surface area contributed by atoms with Crippen LogP contribution in [0, 0.1) is 11.8 Å². The summed E-state index contributed by atoms with van der Waals surface area (Å²) in [5.41, 5.74) is 0. The summed E-state index contributed by atoms with van der Waals surface area (Å²) < 4.78 is 0. The highest BCUT2D eigenvalue weighted by Crippen LogP contribution is 2.28. The number of carbonyl (C=O) groups excluding carboxylic acids is 2. The van der Waals surface area contributed by atoms with Crippen LogP contribution in [0.2, 0.25) is 0 Å². The third kappa shape index (κ3) is 3.93. The smallest absolute Gasteiger partial charge is 0.311 e. The SMILES string of the molecule is CC1CC(C)CC(NC(=O)C(=O)N2CCNCC2)C1. The Morgan fingerprint density at radius 2 is 1.63 bits per heavy atom. The maximum atomic E-state index is 12.0. The Morgan fingerprint density at radius 1 is 1.05 bits per heavy atom. The van der Waals surface area contributed by atoms with E-state index < -0.39 is 5.91 Å². The molecule has 0 radical (unpaired) electrons. The minimum atomic E-state index is -0.423. The zero-order valence-electron chi connectivity index (χ0n) is 11.9. The van der Waals surface area contributed by atoms with Crippen LogP contribution in [0.1, 0.15) is 33.1 Å². The molecule has 19 heavy (non-hydrogen) atoms. The molecule has 5 heteroatoms. The Bertz CT molecular complexity index is 330. The first-order valence-corrected chi connectivity index (χ1v) is 7.36. The highest BCUT2D eigenvalue weighted by Gasteiger charge is 2.29. The molecule has 0 aromatic heterocycles. The number of hydrogen-bond acceptors (Lipinski definition) is 3. The normalized spacial score (nSPS) is 31.9. The van der Waals surface area contributed by atoms with E-state index in [1.54, 1.807) is 4.90 Å². The summed E-state index contributed by atoms with van der Waals surface area (Å²) >= 11 is 0. The number of nitrogens with one attached hydrogen (secondary N) is 2. The Morgan fingerprint density at radius 3 is 2.21 bits per heavy atom. The van der Waals surface area contributed by atoms with Crippen molar-refractivity contribution in [3.05, 3.63) is 0 Å². The Kier molecular flexibility index (Phi) is 4.80. The van der Waals surface area contributed by atoms with E-state index in [9.17, 15) is 9.59 Å². The lowest BCUT2D eigenvalue weighted by Gasteiger charge is -2.33. The zero-order valence-corrected chi connectivity index (χ0v) is 11.9. The van der Waals surface area contributed by atoms with E-state index >= 15 is 0 Å². The van der Waals surface area contributed by atoms with Gasteiger partial charge in [0.15, 0.2) is 0 Å². The molecule has 108 valence electrons. The molecule has 1 aliphatic carbocycles. The van der Waals surface area contributed by atoms with Crippen molar-refractivity contribution in [1.29, 1.82) is 0 Å². The van der Waals surface area contributed by atoms with Crippen LogP contribution in [-0.2, 0) is 9.59 Å². The number of hydrogen-bond donors (Lipinski definition) is 2.